The highest BCUT2D eigenvalue weighted by atomic mass is 35.5. The predicted molar refractivity (Wildman–Crippen MR) is 108 cm³/mol. The van der Waals surface area contributed by atoms with Crippen molar-refractivity contribution in [2.24, 2.45) is 10.2 Å². The molecule has 0 fully saturated rings. The van der Waals surface area contributed by atoms with Crippen LogP contribution in [0.5, 0.6) is 0 Å². The second-order valence-corrected chi connectivity index (χ2v) is 7.63. The molecular weight excluding hydrogens is 400 g/mol. The van der Waals surface area contributed by atoms with Gasteiger partial charge in [-0.05, 0) is 48.5 Å². The van der Waals surface area contributed by atoms with Gasteiger partial charge in [0.2, 0.25) is 0 Å². The number of halogens is 1. The number of carbonyl (C=O) groups excluding carboxylic acids is 1. The summed E-state index contributed by atoms with van der Waals surface area (Å²) >= 11 is 5.87. The summed E-state index contributed by atoms with van der Waals surface area (Å²) in [6.45, 7) is 0. The van der Waals surface area contributed by atoms with Crippen LogP contribution in [0.3, 0.4) is 0 Å². The smallest absolute Gasteiger partial charge is 0.307 e. The van der Waals surface area contributed by atoms with Gasteiger partial charge in [-0.3, -0.25) is 0 Å². The Balaban J connectivity index is 1.63. The Bertz CT molecular complexity index is 1100. The fraction of sp³-hybridized carbons (Fsp3) is 0. The van der Waals surface area contributed by atoms with Crippen LogP contribution in [0.25, 0.3) is 0 Å². The van der Waals surface area contributed by atoms with E-state index in [9.17, 15) is 13.2 Å². The van der Waals surface area contributed by atoms with Gasteiger partial charge in [0.05, 0.1) is 16.4 Å². The first kappa shape index (κ1) is 19.5. The first-order valence-corrected chi connectivity index (χ1v) is 9.95. The molecule has 0 aliphatic carbocycles. The molecule has 0 aliphatic rings. The average Bonchev–Trinajstić information content (AvgIpc) is 2.68. The quantitative estimate of drug-likeness (QED) is 0.556. The molecule has 3 aromatic rings. The van der Waals surface area contributed by atoms with E-state index in [0.717, 1.165) is 0 Å². The zero-order valence-corrected chi connectivity index (χ0v) is 16.0. The summed E-state index contributed by atoms with van der Waals surface area (Å²) in [5, 5.41) is 10.7. The van der Waals surface area contributed by atoms with E-state index in [1.807, 2.05) is 35.1 Å². The van der Waals surface area contributed by atoms with Crippen molar-refractivity contribution in [2.75, 3.05) is 5.32 Å². The van der Waals surface area contributed by atoms with Crippen molar-refractivity contribution in [1.82, 2.24) is 4.72 Å². The SMILES string of the molecule is O=C(Nc1ccc(N=Nc2ccccc2)cc1)NS(=O)(=O)c1ccccc1Cl. The number of carbonyl (C=O) groups is 1. The molecule has 0 saturated carbocycles. The lowest BCUT2D eigenvalue weighted by atomic mass is 10.3. The lowest BCUT2D eigenvalue weighted by Gasteiger charge is -2.09. The zero-order chi connectivity index (χ0) is 20.0. The molecule has 3 aromatic carbocycles. The van der Waals surface area contributed by atoms with Crippen LogP contribution in [0.1, 0.15) is 0 Å². The summed E-state index contributed by atoms with van der Waals surface area (Å²) in [5.74, 6) is 0. The number of hydrogen-bond donors (Lipinski definition) is 2. The minimum atomic E-state index is -4.09. The van der Waals surface area contributed by atoms with Crippen molar-refractivity contribution in [3.63, 3.8) is 0 Å². The molecule has 9 heteroatoms. The van der Waals surface area contributed by atoms with Crippen molar-refractivity contribution in [2.45, 2.75) is 4.90 Å². The van der Waals surface area contributed by atoms with Gasteiger partial charge >= 0.3 is 6.03 Å². The van der Waals surface area contributed by atoms with Crippen molar-refractivity contribution >= 4 is 44.7 Å². The van der Waals surface area contributed by atoms with Gasteiger partial charge in [0, 0.05) is 5.69 Å². The minimum absolute atomic E-state index is 0.0240. The molecule has 0 unspecified atom stereocenters. The van der Waals surface area contributed by atoms with Gasteiger partial charge < -0.3 is 5.32 Å². The second kappa shape index (κ2) is 8.64. The molecule has 0 spiro atoms. The third-order valence-electron chi connectivity index (χ3n) is 3.52. The average molecular weight is 415 g/mol. The Hall–Kier alpha value is -3.23. The molecule has 0 radical (unpaired) electrons. The van der Waals surface area contributed by atoms with Gasteiger partial charge in [0.15, 0.2) is 0 Å². The number of hydrogen-bond acceptors (Lipinski definition) is 5. The number of nitrogens with zero attached hydrogens (tertiary/aromatic N) is 2. The third-order valence-corrected chi connectivity index (χ3v) is 5.35. The van der Waals surface area contributed by atoms with Crippen LogP contribution in [-0.4, -0.2) is 14.4 Å². The maximum atomic E-state index is 12.2. The first-order chi connectivity index (χ1) is 13.4. The molecule has 0 atom stereocenters. The maximum absolute atomic E-state index is 12.2. The van der Waals surface area contributed by atoms with Crippen LogP contribution in [0.4, 0.5) is 21.9 Å². The Morgan fingerprint density at radius 3 is 2.00 bits per heavy atom. The van der Waals surface area contributed by atoms with E-state index in [-0.39, 0.29) is 9.92 Å². The van der Waals surface area contributed by atoms with Crippen LogP contribution >= 0.6 is 11.6 Å². The summed E-state index contributed by atoms with van der Waals surface area (Å²) in [4.78, 5) is 11.8. The number of anilines is 1. The van der Waals surface area contributed by atoms with Crippen molar-refractivity contribution in [3.8, 4) is 0 Å². The Morgan fingerprint density at radius 1 is 0.786 bits per heavy atom. The number of azo groups is 1. The number of amides is 2. The van der Waals surface area contributed by atoms with E-state index in [4.69, 9.17) is 11.6 Å². The first-order valence-electron chi connectivity index (χ1n) is 8.09. The molecule has 7 nitrogen and oxygen atoms in total. The van der Waals surface area contributed by atoms with Gasteiger partial charge in [-0.25, -0.2) is 17.9 Å². The highest BCUT2D eigenvalue weighted by Gasteiger charge is 2.20. The van der Waals surface area contributed by atoms with Crippen LogP contribution in [0, 0.1) is 0 Å². The lowest BCUT2D eigenvalue weighted by Crippen LogP contribution is -2.34. The van der Waals surface area contributed by atoms with Crippen LogP contribution < -0.4 is 10.0 Å². The fourth-order valence-electron chi connectivity index (χ4n) is 2.22. The molecule has 142 valence electrons. The molecule has 0 bridgehead atoms. The van der Waals surface area contributed by atoms with Crippen molar-refractivity contribution < 1.29 is 13.2 Å². The highest BCUT2D eigenvalue weighted by molar-refractivity contribution is 7.90. The summed E-state index contributed by atoms with van der Waals surface area (Å²) in [6.07, 6.45) is 0. The van der Waals surface area contributed by atoms with Gasteiger partial charge in [0.25, 0.3) is 10.0 Å². The van der Waals surface area contributed by atoms with Crippen LogP contribution in [-0.2, 0) is 10.0 Å². The molecule has 28 heavy (non-hydrogen) atoms. The van der Waals surface area contributed by atoms with Gasteiger partial charge in [-0.2, -0.15) is 10.2 Å². The Morgan fingerprint density at radius 2 is 1.36 bits per heavy atom. The molecule has 0 saturated heterocycles. The largest absolute Gasteiger partial charge is 0.333 e. The summed E-state index contributed by atoms with van der Waals surface area (Å²) in [6, 6.07) is 20.6. The molecule has 0 aliphatic heterocycles. The number of nitrogens with one attached hydrogen (secondary N) is 2. The van der Waals surface area contributed by atoms with E-state index < -0.39 is 16.1 Å². The van der Waals surface area contributed by atoms with Crippen molar-refractivity contribution in [1.29, 1.82) is 0 Å². The zero-order valence-electron chi connectivity index (χ0n) is 14.4. The van der Waals surface area contributed by atoms with Gasteiger partial charge in [-0.15, -0.1) is 0 Å². The number of benzene rings is 3. The third kappa shape index (κ3) is 5.15. The van der Waals surface area contributed by atoms with Crippen molar-refractivity contribution in [3.05, 3.63) is 83.9 Å². The van der Waals surface area contributed by atoms with Crippen LogP contribution in [0.2, 0.25) is 5.02 Å². The van der Waals surface area contributed by atoms with E-state index >= 15 is 0 Å². The summed E-state index contributed by atoms with van der Waals surface area (Å²) in [7, 11) is -4.09. The number of sulfonamides is 1. The minimum Gasteiger partial charge on any atom is -0.307 e. The summed E-state index contributed by atoms with van der Waals surface area (Å²) in [5.41, 5.74) is 1.69. The standard InChI is InChI=1S/C19H15ClN4O3S/c20-17-8-4-5-9-18(17)28(26,27)24-19(25)21-14-10-12-16(13-11-14)23-22-15-6-2-1-3-7-15/h1-13H,(H2,21,24,25). The maximum Gasteiger partial charge on any atom is 0.333 e. The molecule has 2 N–H and O–H groups in total. The molecular formula is C19H15ClN4O3S. The lowest BCUT2D eigenvalue weighted by molar-refractivity contribution is 0.256. The fourth-order valence-corrected chi connectivity index (χ4v) is 3.65. The molecule has 0 heterocycles. The van der Waals surface area contributed by atoms with Gasteiger partial charge in [-0.1, -0.05) is 41.9 Å². The monoisotopic (exact) mass is 414 g/mol. The Labute approximate surface area is 167 Å². The second-order valence-electron chi connectivity index (χ2n) is 5.57. The highest BCUT2D eigenvalue weighted by Crippen LogP contribution is 2.21. The van der Waals surface area contributed by atoms with Crippen LogP contribution in [0.15, 0.2) is 94.0 Å². The molecule has 3 rings (SSSR count). The van der Waals surface area contributed by atoms with E-state index in [0.29, 0.717) is 17.1 Å². The summed E-state index contributed by atoms with van der Waals surface area (Å²) < 4.78 is 26.4. The van der Waals surface area contributed by atoms with E-state index in [1.54, 1.807) is 30.3 Å². The number of rotatable bonds is 5. The number of urea groups is 1. The van der Waals surface area contributed by atoms with E-state index in [1.165, 1.54) is 18.2 Å². The molecule has 2 amide bonds. The van der Waals surface area contributed by atoms with E-state index in [2.05, 4.69) is 15.5 Å². The topological polar surface area (TPSA) is 100.0 Å². The normalized spacial score (nSPS) is 11.3. The van der Waals surface area contributed by atoms with Gasteiger partial charge in [0.1, 0.15) is 4.90 Å². The Kier molecular flexibility index (Phi) is 6.03. The molecule has 0 aromatic heterocycles. The predicted octanol–water partition coefficient (Wildman–Crippen LogP) is 5.27.